The normalized spacial score (nSPS) is 13.2. The number of carbonyl (C=O) groups excluding carboxylic acids is 1. The molecule has 0 aliphatic heterocycles. The number of carbonyl (C=O) groups is 1. The van der Waals surface area contributed by atoms with Gasteiger partial charge in [0.25, 0.3) is 0 Å². The van der Waals surface area contributed by atoms with E-state index >= 15 is 0 Å². The van der Waals surface area contributed by atoms with Crippen LogP contribution in [0.25, 0.3) is 0 Å². The van der Waals surface area contributed by atoms with Gasteiger partial charge in [0.1, 0.15) is 11.4 Å². The second-order valence-corrected chi connectivity index (χ2v) is 5.54. The molecule has 0 aliphatic carbocycles. The highest BCUT2D eigenvalue weighted by molar-refractivity contribution is 5.67. The molecule has 1 amide bonds. The largest absolute Gasteiger partial charge is 0.444 e. The van der Waals surface area contributed by atoms with Gasteiger partial charge in [-0.1, -0.05) is 19.1 Å². The molecular formula is C15H21FN2O2. The average molecular weight is 280 g/mol. The SMILES string of the molecule is CC(/C=C/CNC(=O)OC(C)(C)C)c1cncc(F)c1. The molecule has 1 N–H and O–H groups in total. The van der Waals surface area contributed by atoms with Gasteiger partial charge in [0.05, 0.1) is 6.20 Å². The van der Waals surface area contributed by atoms with E-state index in [0.29, 0.717) is 6.54 Å². The Labute approximate surface area is 119 Å². The molecule has 1 aromatic rings. The molecule has 110 valence electrons. The molecule has 1 rings (SSSR count). The van der Waals surface area contributed by atoms with Crippen molar-refractivity contribution in [3.8, 4) is 0 Å². The first-order valence-electron chi connectivity index (χ1n) is 6.52. The number of nitrogens with one attached hydrogen (secondary N) is 1. The number of halogens is 1. The highest BCUT2D eigenvalue weighted by Gasteiger charge is 2.15. The van der Waals surface area contributed by atoms with Crippen LogP contribution < -0.4 is 5.32 Å². The second-order valence-electron chi connectivity index (χ2n) is 5.54. The maximum atomic E-state index is 13.0. The molecule has 0 fully saturated rings. The van der Waals surface area contributed by atoms with Crippen molar-refractivity contribution in [3.05, 3.63) is 42.0 Å². The number of nitrogens with zero attached hydrogens (tertiary/aromatic N) is 1. The molecule has 0 aliphatic rings. The van der Waals surface area contributed by atoms with E-state index in [1.165, 1.54) is 12.3 Å². The van der Waals surface area contributed by atoms with Crippen LogP contribution in [0.2, 0.25) is 0 Å². The summed E-state index contributed by atoms with van der Waals surface area (Å²) < 4.78 is 18.1. The molecule has 0 bridgehead atoms. The Kier molecular flexibility index (Phi) is 5.67. The van der Waals surface area contributed by atoms with Gasteiger partial charge in [-0.2, -0.15) is 0 Å². The van der Waals surface area contributed by atoms with Crippen LogP contribution in [0.1, 0.15) is 39.2 Å². The molecule has 20 heavy (non-hydrogen) atoms. The predicted molar refractivity (Wildman–Crippen MR) is 76.0 cm³/mol. The molecule has 0 saturated heterocycles. The van der Waals surface area contributed by atoms with Crippen LogP contribution in [0.15, 0.2) is 30.6 Å². The van der Waals surface area contributed by atoms with Crippen molar-refractivity contribution in [2.45, 2.75) is 39.2 Å². The lowest BCUT2D eigenvalue weighted by molar-refractivity contribution is 0.0534. The van der Waals surface area contributed by atoms with E-state index in [4.69, 9.17) is 4.74 Å². The average Bonchev–Trinajstić information content (AvgIpc) is 2.32. The lowest BCUT2D eigenvalue weighted by Crippen LogP contribution is -2.32. The summed E-state index contributed by atoms with van der Waals surface area (Å²) in [7, 11) is 0. The Hall–Kier alpha value is -1.91. The second kappa shape index (κ2) is 7.03. The monoisotopic (exact) mass is 280 g/mol. The summed E-state index contributed by atoms with van der Waals surface area (Å²) in [5.74, 6) is -0.326. The topological polar surface area (TPSA) is 51.2 Å². The molecule has 1 atom stereocenters. The van der Waals surface area contributed by atoms with Crippen LogP contribution in [0.4, 0.5) is 9.18 Å². The zero-order chi connectivity index (χ0) is 15.2. The molecular weight excluding hydrogens is 259 g/mol. The predicted octanol–water partition coefficient (Wildman–Crippen LogP) is 3.41. The van der Waals surface area contributed by atoms with Gasteiger partial charge in [0, 0.05) is 18.7 Å². The molecule has 0 radical (unpaired) electrons. The van der Waals surface area contributed by atoms with Gasteiger partial charge in [-0.15, -0.1) is 0 Å². The summed E-state index contributed by atoms with van der Waals surface area (Å²) in [6.45, 7) is 7.72. The zero-order valence-electron chi connectivity index (χ0n) is 12.3. The molecule has 5 heteroatoms. The minimum absolute atomic E-state index is 0.0265. The van der Waals surface area contributed by atoms with E-state index < -0.39 is 11.7 Å². The number of aromatic nitrogens is 1. The Balaban J connectivity index is 2.40. The number of pyridine rings is 1. The molecule has 4 nitrogen and oxygen atoms in total. The lowest BCUT2D eigenvalue weighted by Gasteiger charge is -2.19. The third-order valence-corrected chi connectivity index (χ3v) is 2.44. The Morgan fingerprint density at radius 1 is 1.50 bits per heavy atom. The summed E-state index contributed by atoms with van der Waals surface area (Å²) in [5.41, 5.74) is 0.285. The summed E-state index contributed by atoms with van der Waals surface area (Å²) in [4.78, 5) is 15.2. The fourth-order valence-corrected chi connectivity index (χ4v) is 1.52. The van der Waals surface area contributed by atoms with Gasteiger partial charge in [0.2, 0.25) is 0 Å². The molecule has 0 aromatic carbocycles. The minimum Gasteiger partial charge on any atom is -0.444 e. The molecule has 1 heterocycles. The van der Waals surface area contributed by atoms with Crippen molar-refractivity contribution in [2.75, 3.05) is 6.54 Å². The van der Waals surface area contributed by atoms with E-state index in [1.807, 2.05) is 13.0 Å². The summed E-state index contributed by atoms with van der Waals surface area (Å²) in [6.07, 6.45) is 6.03. The Morgan fingerprint density at radius 3 is 2.80 bits per heavy atom. The molecule has 0 spiro atoms. The van der Waals surface area contributed by atoms with E-state index in [9.17, 15) is 9.18 Å². The summed E-state index contributed by atoms with van der Waals surface area (Å²) >= 11 is 0. The first-order valence-corrected chi connectivity index (χ1v) is 6.52. The number of amides is 1. The molecule has 1 aromatic heterocycles. The number of ether oxygens (including phenoxy) is 1. The summed E-state index contributed by atoms with van der Waals surface area (Å²) in [6, 6.07) is 1.45. The zero-order valence-corrected chi connectivity index (χ0v) is 12.3. The number of hydrogen-bond donors (Lipinski definition) is 1. The quantitative estimate of drug-likeness (QED) is 0.860. The van der Waals surface area contributed by atoms with E-state index in [0.717, 1.165) is 5.56 Å². The van der Waals surface area contributed by atoms with E-state index in [2.05, 4.69) is 10.3 Å². The summed E-state index contributed by atoms with van der Waals surface area (Å²) in [5, 5.41) is 2.62. The van der Waals surface area contributed by atoms with Crippen molar-refractivity contribution < 1.29 is 13.9 Å². The highest BCUT2D eigenvalue weighted by Crippen LogP contribution is 2.15. The minimum atomic E-state index is -0.506. The van der Waals surface area contributed by atoms with Crippen LogP contribution in [-0.4, -0.2) is 23.2 Å². The van der Waals surface area contributed by atoms with Gasteiger partial charge in [-0.05, 0) is 32.4 Å². The number of rotatable bonds is 4. The van der Waals surface area contributed by atoms with Crippen LogP contribution in [-0.2, 0) is 4.74 Å². The van der Waals surface area contributed by atoms with E-state index in [1.54, 1.807) is 33.0 Å². The fraction of sp³-hybridized carbons (Fsp3) is 0.467. The third kappa shape index (κ3) is 6.31. The van der Waals surface area contributed by atoms with Gasteiger partial charge in [-0.3, -0.25) is 4.98 Å². The van der Waals surface area contributed by atoms with Crippen molar-refractivity contribution >= 4 is 6.09 Å². The maximum Gasteiger partial charge on any atom is 0.407 e. The van der Waals surface area contributed by atoms with Crippen molar-refractivity contribution in [1.29, 1.82) is 0 Å². The highest BCUT2D eigenvalue weighted by atomic mass is 19.1. The van der Waals surface area contributed by atoms with Crippen molar-refractivity contribution in [1.82, 2.24) is 10.3 Å². The van der Waals surface area contributed by atoms with Crippen molar-refractivity contribution in [2.24, 2.45) is 0 Å². The number of alkyl carbamates (subject to hydrolysis) is 1. The maximum absolute atomic E-state index is 13.0. The van der Waals surface area contributed by atoms with Crippen LogP contribution in [0, 0.1) is 5.82 Å². The molecule has 0 saturated carbocycles. The molecule has 1 unspecified atom stereocenters. The van der Waals surface area contributed by atoms with Crippen LogP contribution in [0.5, 0.6) is 0 Å². The van der Waals surface area contributed by atoms with E-state index in [-0.39, 0.29) is 11.7 Å². The van der Waals surface area contributed by atoms with Crippen LogP contribution >= 0.6 is 0 Å². The first-order chi connectivity index (χ1) is 9.28. The number of allylic oxidation sites excluding steroid dienone is 1. The van der Waals surface area contributed by atoms with Gasteiger partial charge >= 0.3 is 6.09 Å². The lowest BCUT2D eigenvalue weighted by atomic mass is 10.0. The fourth-order valence-electron chi connectivity index (χ4n) is 1.52. The Bertz CT molecular complexity index is 481. The number of hydrogen-bond acceptors (Lipinski definition) is 3. The Morgan fingerprint density at radius 2 is 2.20 bits per heavy atom. The van der Waals surface area contributed by atoms with Gasteiger partial charge < -0.3 is 10.1 Å². The smallest absolute Gasteiger partial charge is 0.407 e. The first kappa shape index (κ1) is 16.1. The third-order valence-electron chi connectivity index (χ3n) is 2.44. The standard InChI is InChI=1S/C15H21FN2O2/c1-11(12-8-13(16)10-17-9-12)6-5-7-18-14(19)20-15(2,3)4/h5-6,8-11H,7H2,1-4H3,(H,18,19)/b6-5+. The van der Waals surface area contributed by atoms with Crippen molar-refractivity contribution in [3.63, 3.8) is 0 Å². The van der Waals surface area contributed by atoms with Gasteiger partial charge in [0.15, 0.2) is 0 Å². The van der Waals surface area contributed by atoms with Gasteiger partial charge in [-0.25, -0.2) is 9.18 Å². The van der Waals surface area contributed by atoms with Crippen LogP contribution in [0.3, 0.4) is 0 Å².